The Morgan fingerprint density at radius 3 is 2.50 bits per heavy atom. The molecule has 1 heterocycles. The summed E-state index contributed by atoms with van der Waals surface area (Å²) in [4.78, 5) is 0. The smallest absolute Gasteiger partial charge is 0.162 e. The van der Waals surface area contributed by atoms with Gasteiger partial charge in [-0.05, 0) is 26.7 Å². The Balaban J connectivity index is 2.06. The first-order chi connectivity index (χ1) is 6.52. The molecule has 0 radical (unpaired) electrons. The van der Waals surface area contributed by atoms with Gasteiger partial charge >= 0.3 is 0 Å². The van der Waals surface area contributed by atoms with E-state index in [-0.39, 0.29) is 5.41 Å². The zero-order valence-corrected chi connectivity index (χ0v) is 9.01. The van der Waals surface area contributed by atoms with Crippen LogP contribution in [0.15, 0.2) is 24.3 Å². The Morgan fingerprint density at radius 2 is 1.93 bits per heavy atom. The van der Waals surface area contributed by atoms with Crippen molar-refractivity contribution >= 4 is 0 Å². The molecule has 1 spiro atoms. The first-order valence-electron chi connectivity index (χ1n) is 5.14. The summed E-state index contributed by atoms with van der Waals surface area (Å²) in [5.74, 6) is -0.409. The van der Waals surface area contributed by atoms with Crippen molar-refractivity contribution in [3.8, 4) is 0 Å². The fraction of sp³-hybridized carbons (Fsp3) is 0.667. The van der Waals surface area contributed by atoms with Crippen molar-refractivity contribution in [2.45, 2.75) is 32.5 Å². The molecule has 2 rings (SSSR count). The van der Waals surface area contributed by atoms with Crippen molar-refractivity contribution in [1.82, 2.24) is 0 Å². The van der Waals surface area contributed by atoms with Crippen LogP contribution in [0.25, 0.3) is 0 Å². The molecule has 0 aromatic heterocycles. The Labute approximate surface area is 85.6 Å². The minimum atomic E-state index is -0.409. The highest BCUT2D eigenvalue weighted by Crippen LogP contribution is 2.40. The lowest BCUT2D eigenvalue weighted by Gasteiger charge is -2.44. The Hall–Kier alpha value is -0.600. The van der Waals surface area contributed by atoms with Gasteiger partial charge in [0.15, 0.2) is 5.79 Å². The van der Waals surface area contributed by atoms with Gasteiger partial charge in [0.1, 0.15) is 0 Å². The lowest BCUT2D eigenvalue weighted by atomic mass is 9.76. The third kappa shape index (κ3) is 1.91. The molecule has 0 aromatic rings. The lowest BCUT2D eigenvalue weighted by molar-refractivity contribution is -0.285. The maximum atomic E-state index is 5.71. The SMILES string of the molecule is C=C1C=CCC2(COC(C)(C)OC2)C1. The van der Waals surface area contributed by atoms with Crippen LogP contribution in [0.4, 0.5) is 0 Å². The van der Waals surface area contributed by atoms with Gasteiger partial charge < -0.3 is 9.47 Å². The van der Waals surface area contributed by atoms with Gasteiger partial charge in [0.05, 0.1) is 13.2 Å². The second-order valence-corrected chi connectivity index (χ2v) is 4.92. The Kier molecular flexibility index (Phi) is 2.28. The Bertz CT molecular complexity index is 266. The summed E-state index contributed by atoms with van der Waals surface area (Å²) in [5.41, 5.74) is 1.34. The van der Waals surface area contributed by atoms with Gasteiger partial charge in [-0.3, -0.25) is 0 Å². The molecule has 0 saturated carbocycles. The zero-order valence-electron chi connectivity index (χ0n) is 9.01. The van der Waals surface area contributed by atoms with E-state index in [0.717, 1.165) is 26.1 Å². The lowest BCUT2D eigenvalue weighted by Crippen LogP contribution is -2.47. The third-order valence-electron chi connectivity index (χ3n) is 2.96. The van der Waals surface area contributed by atoms with E-state index in [9.17, 15) is 0 Å². The summed E-state index contributed by atoms with van der Waals surface area (Å²) in [7, 11) is 0. The molecule has 14 heavy (non-hydrogen) atoms. The molecule has 1 fully saturated rings. The average Bonchev–Trinajstić information content (AvgIpc) is 2.12. The van der Waals surface area contributed by atoms with Gasteiger partial charge in [-0.25, -0.2) is 0 Å². The molecule has 2 nitrogen and oxygen atoms in total. The largest absolute Gasteiger partial charge is 0.350 e. The van der Waals surface area contributed by atoms with E-state index in [1.165, 1.54) is 5.57 Å². The molecule has 0 bridgehead atoms. The van der Waals surface area contributed by atoms with E-state index in [1.807, 2.05) is 13.8 Å². The van der Waals surface area contributed by atoms with Crippen molar-refractivity contribution in [2.75, 3.05) is 13.2 Å². The van der Waals surface area contributed by atoms with Crippen LogP contribution < -0.4 is 0 Å². The molecule has 0 aromatic carbocycles. The Morgan fingerprint density at radius 1 is 1.29 bits per heavy atom. The maximum Gasteiger partial charge on any atom is 0.162 e. The molecule has 0 unspecified atom stereocenters. The number of ether oxygens (including phenoxy) is 2. The van der Waals surface area contributed by atoms with Crippen LogP contribution in [0.1, 0.15) is 26.7 Å². The van der Waals surface area contributed by atoms with Gasteiger partial charge in [0.2, 0.25) is 0 Å². The normalized spacial score (nSPS) is 29.4. The van der Waals surface area contributed by atoms with Crippen LogP contribution in [-0.4, -0.2) is 19.0 Å². The number of hydrogen-bond donors (Lipinski definition) is 0. The number of rotatable bonds is 0. The van der Waals surface area contributed by atoms with E-state index < -0.39 is 5.79 Å². The van der Waals surface area contributed by atoms with Crippen LogP contribution in [0.3, 0.4) is 0 Å². The molecule has 2 aliphatic rings. The van der Waals surface area contributed by atoms with E-state index in [2.05, 4.69) is 18.7 Å². The summed E-state index contributed by atoms with van der Waals surface area (Å²) in [6.45, 7) is 9.50. The molecule has 1 aliphatic heterocycles. The molecule has 1 aliphatic carbocycles. The molecule has 0 atom stereocenters. The van der Waals surface area contributed by atoms with Crippen molar-refractivity contribution < 1.29 is 9.47 Å². The van der Waals surface area contributed by atoms with Crippen LogP contribution >= 0.6 is 0 Å². The van der Waals surface area contributed by atoms with E-state index >= 15 is 0 Å². The van der Waals surface area contributed by atoms with Gasteiger partial charge in [0, 0.05) is 5.41 Å². The van der Waals surface area contributed by atoms with E-state index in [0.29, 0.717) is 0 Å². The van der Waals surface area contributed by atoms with Crippen molar-refractivity contribution in [3.05, 3.63) is 24.3 Å². The minimum Gasteiger partial charge on any atom is -0.350 e. The molecule has 1 saturated heterocycles. The molecule has 78 valence electrons. The fourth-order valence-electron chi connectivity index (χ4n) is 2.05. The molecule has 0 amide bonds. The van der Waals surface area contributed by atoms with Gasteiger partial charge in [-0.1, -0.05) is 24.3 Å². The van der Waals surface area contributed by atoms with Crippen LogP contribution in [0, 0.1) is 5.41 Å². The van der Waals surface area contributed by atoms with E-state index in [4.69, 9.17) is 9.47 Å². The van der Waals surface area contributed by atoms with Crippen LogP contribution in [-0.2, 0) is 9.47 Å². The van der Waals surface area contributed by atoms with Crippen molar-refractivity contribution in [2.24, 2.45) is 5.41 Å². The second-order valence-electron chi connectivity index (χ2n) is 4.92. The first-order valence-corrected chi connectivity index (χ1v) is 5.14. The number of allylic oxidation sites excluding steroid dienone is 3. The molecular formula is C12H18O2. The minimum absolute atomic E-state index is 0.154. The summed E-state index contributed by atoms with van der Waals surface area (Å²) in [5, 5.41) is 0. The molecule has 0 N–H and O–H groups in total. The van der Waals surface area contributed by atoms with E-state index in [1.54, 1.807) is 0 Å². The fourth-order valence-corrected chi connectivity index (χ4v) is 2.05. The predicted molar refractivity (Wildman–Crippen MR) is 55.9 cm³/mol. The summed E-state index contributed by atoms with van der Waals surface area (Å²) >= 11 is 0. The standard InChI is InChI=1S/C12H18O2/c1-10-5-4-6-12(7-10)8-13-11(2,3)14-9-12/h4-5H,1,6-9H2,2-3H3. The predicted octanol–water partition coefficient (Wildman–Crippen LogP) is 2.66. The highest BCUT2D eigenvalue weighted by molar-refractivity contribution is 5.22. The maximum absolute atomic E-state index is 5.71. The zero-order chi connectivity index (χ0) is 10.2. The van der Waals surface area contributed by atoms with Gasteiger partial charge in [0.25, 0.3) is 0 Å². The average molecular weight is 194 g/mol. The topological polar surface area (TPSA) is 18.5 Å². The van der Waals surface area contributed by atoms with Gasteiger partial charge in [-0.2, -0.15) is 0 Å². The number of hydrogen-bond acceptors (Lipinski definition) is 2. The summed E-state index contributed by atoms with van der Waals surface area (Å²) in [6.07, 6.45) is 6.32. The van der Waals surface area contributed by atoms with Crippen LogP contribution in [0.5, 0.6) is 0 Å². The van der Waals surface area contributed by atoms with Crippen molar-refractivity contribution in [3.63, 3.8) is 0 Å². The molecular weight excluding hydrogens is 176 g/mol. The quantitative estimate of drug-likeness (QED) is 0.590. The molecule has 2 heteroatoms. The summed E-state index contributed by atoms with van der Waals surface area (Å²) in [6, 6.07) is 0. The monoisotopic (exact) mass is 194 g/mol. The summed E-state index contributed by atoms with van der Waals surface area (Å²) < 4.78 is 11.4. The van der Waals surface area contributed by atoms with Crippen molar-refractivity contribution in [1.29, 1.82) is 0 Å². The third-order valence-corrected chi connectivity index (χ3v) is 2.96. The van der Waals surface area contributed by atoms with Crippen LogP contribution in [0.2, 0.25) is 0 Å². The first kappa shape index (κ1) is 9.94. The highest BCUT2D eigenvalue weighted by atomic mass is 16.7. The van der Waals surface area contributed by atoms with Gasteiger partial charge in [-0.15, -0.1) is 0 Å². The highest BCUT2D eigenvalue weighted by Gasteiger charge is 2.40. The second kappa shape index (κ2) is 3.21.